The van der Waals surface area contributed by atoms with Gasteiger partial charge in [-0.25, -0.2) is 4.98 Å². The monoisotopic (exact) mass is 339 g/mol. The summed E-state index contributed by atoms with van der Waals surface area (Å²) in [4.78, 5) is 4.57. The lowest BCUT2D eigenvalue weighted by atomic mass is 10.2. The van der Waals surface area contributed by atoms with Crippen LogP contribution >= 0.6 is 11.3 Å². The molecule has 1 aliphatic heterocycles. The molecule has 1 atom stereocenters. The van der Waals surface area contributed by atoms with Crippen molar-refractivity contribution in [3.63, 3.8) is 0 Å². The summed E-state index contributed by atoms with van der Waals surface area (Å²) in [6, 6.07) is 12.0. The van der Waals surface area contributed by atoms with Crippen molar-refractivity contribution in [1.82, 2.24) is 15.0 Å². The van der Waals surface area contributed by atoms with Gasteiger partial charge in [-0.3, -0.25) is 0 Å². The lowest BCUT2D eigenvalue weighted by Gasteiger charge is -2.22. The Morgan fingerprint density at radius 1 is 1.29 bits per heavy atom. The predicted octanol–water partition coefficient (Wildman–Crippen LogP) is 3.46. The minimum absolute atomic E-state index is 0.413. The summed E-state index contributed by atoms with van der Waals surface area (Å²) < 4.78 is 0. The summed E-state index contributed by atoms with van der Waals surface area (Å²) in [5, 5.41) is 26.2. The zero-order chi connectivity index (χ0) is 17.1. The fraction of sp³-hybridized carbons (Fsp3) is 0.250. The maximum atomic E-state index is 9.25. The van der Waals surface area contributed by atoms with Crippen molar-refractivity contribution in [2.75, 3.05) is 26.5 Å². The molecule has 1 aliphatic rings. The van der Waals surface area contributed by atoms with Crippen molar-refractivity contribution in [3.05, 3.63) is 42.1 Å². The number of thiazole rings is 1. The summed E-state index contributed by atoms with van der Waals surface area (Å²) in [5.41, 5.74) is 2.32. The lowest BCUT2D eigenvalue weighted by molar-refractivity contribution is 0.0735. The Balaban J connectivity index is 1.94. The first kappa shape index (κ1) is 16.1. The molecule has 3 rings (SSSR count). The Morgan fingerprint density at radius 3 is 2.71 bits per heavy atom. The van der Waals surface area contributed by atoms with Crippen molar-refractivity contribution in [2.24, 2.45) is 10.2 Å². The third-order valence-corrected chi connectivity index (χ3v) is 4.67. The molecule has 2 aromatic rings. The van der Waals surface area contributed by atoms with Gasteiger partial charge in [0.2, 0.25) is 0 Å². The first-order valence-corrected chi connectivity index (χ1v) is 8.18. The van der Waals surface area contributed by atoms with Gasteiger partial charge in [0.25, 0.3) is 0 Å². The lowest BCUT2D eigenvalue weighted by Crippen LogP contribution is -2.34. The van der Waals surface area contributed by atoms with E-state index in [9.17, 15) is 5.26 Å². The Bertz CT molecular complexity index is 819. The van der Waals surface area contributed by atoms with E-state index in [1.54, 1.807) is 6.20 Å². The number of benzene rings is 1. The van der Waals surface area contributed by atoms with Gasteiger partial charge in [-0.2, -0.15) is 15.4 Å². The number of rotatable bonds is 4. The minimum atomic E-state index is -0.413. The Kier molecular flexibility index (Phi) is 4.55. The fourth-order valence-electron chi connectivity index (χ4n) is 2.33. The molecule has 1 unspecified atom stereocenters. The fourth-order valence-corrected chi connectivity index (χ4v) is 3.10. The van der Waals surface area contributed by atoms with E-state index in [0.717, 1.165) is 16.4 Å². The van der Waals surface area contributed by atoms with E-state index < -0.39 is 6.17 Å². The van der Waals surface area contributed by atoms with E-state index in [0.29, 0.717) is 10.6 Å². The van der Waals surface area contributed by atoms with Gasteiger partial charge in [-0.15, -0.1) is 5.11 Å². The SMILES string of the molecule is CNc1nc(-c2ccccc2)c(N=NC2C(C#N)=CN(C)N2C)s1. The largest absolute Gasteiger partial charge is 0.365 e. The van der Waals surface area contributed by atoms with Crippen molar-refractivity contribution < 1.29 is 0 Å². The molecule has 1 aromatic heterocycles. The van der Waals surface area contributed by atoms with Crippen LogP contribution in [0.15, 0.2) is 52.3 Å². The number of hydrogen-bond donors (Lipinski definition) is 1. The normalized spacial score (nSPS) is 18.0. The summed E-state index contributed by atoms with van der Waals surface area (Å²) in [6.45, 7) is 0. The van der Waals surface area contributed by atoms with E-state index in [1.165, 1.54) is 11.3 Å². The van der Waals surface area contributed by atoms with Gasteiger partial charge in [-0.1, -0.05) is 41.7 Å². The number of hydrogen-bond acceptors (Lipinski definition) is 8. The summed E-state index contributed by atoms with van der Waals surface area (Å²) >= 11 is 1.43. The van der Waals surface area contributed by atoms with Crippen LogP contribution < -0.4 is 5.32 Å². The number of anilines is 1. The van der Waals surface area contributed by atoms with Crippen LogP contribution in [0.1, 0.15) is 0 Å². The standard InChI is InChI=1S/C16H17N7S/c1-18-16-19-13(11-7-5-4-6-8-11)15(24-16)21-20-14-12(9-17)10-22(2)23(14)3/h4-8,10,14H,1-3H3,(H,18,19). The third kappa shape index (κ3) is 2.99. The quantitative estimate of drug-likeness (QED) is 0.863. The molecule has 8 heteroatoms. The molecule has 0 aliphatic carbocycles. The third-order valence-electron chi connectivity index (χ3n) is 3.71. The number of nitrogens with zero attached hydrogens (tertiary/aromatic N) is 6. The van der Waals surface area contributed by atoms with Crippen LogP contribution in [0.25, 0.3) is 11.3 Å². The molecular weight excluding hydrogens is 322 g/mol. The molecule has 0 saturated heterocycles. The maximum Gasteiger partial charge on any atom is 0.185 e. The van der Waals surface area contributed by atoms with Gasteiger partial charge < -0.3 is 10.3 Å². The highest BCUT2D eigenvalue weighted by molar-refractivity contribution is 7.19. The van der Waals surface area contributed by atoms with Gasteiger partial charge in [0, 0.05) is 32.9 Å². The Hall–Kier alpha value is -2.76. The molecule has 0 radical (unpaired) electrons. The number of likely N-dealkylation sites (N-methyl/N-ethyl adjacent to an activating group) is 1. The molecule has 2 heterocycles. The van der Waals surface area contributed by atoms with E-state index in [-0.39, 0.29) is 0 Å². The smallest absolute Gasteiger partial charge is 0.185 e. The average Bonchev–Trinajstić information content (AvgIpc) is 3.15. The van der Waals surface area contributed by atoms with Crippen molar-refractivity contribution in [1.29, 1.82) is 5.26 Å². The second-order valence-electron chi connectivity index (χ2n) is 5.22. The topological polar surface area (TPSA) is 79.9 Å². The molecule has 0 saturated carbocycles. The van der Waals surface area contributed by atoms with Gasteiger partial charge >= 0.3 is 0 Å². The molecule has 7 nitrogen and oxygen atoms in total. The minimum Gasteiger partial charge on any atom is -0.365 e. The van der Waals surface area contributed by atoms with E-state index in [1.807, 2.05) is 61.5 Å². The van der Waals surface area contributed by atoms with E-state index >= 15 is 0 Å². The molecule has 1 N–H and O–H groups in total. The summed E-state index contributed by atoms with van der Waals surface area (Å²) in [7, 11) is 5.56. The highest BCUT2D eigenvalue weighted by atomic mass is 32.1. The van der Waals surface area contributed by atoms with E-state index in [2.05, 4.69) is 26.6 Å². The van der Waals surface area contributed by atoms with Gasteiger partial charge in [0.15, 0.2) is 16.3 Å². The molecule has 122 valence electrons. The van der Waals surface area contributed by atoms with Crippen LogP contribution in [0, 0.1) is 11.3 Å². The van der Waals surface area contributed by atoms with Crippen molar-refractivity contribution in [3.8, 4) is 17.3 Å². The maximum absolute atomic E-state index is 9.25. The van der Waals surface area contributed by atoms with Gasteiger partial charge in [-0.05, 0) is 0 Å². The molecule has 0 spiro atoms. The summed E-state index contributed by atoms with van der Waals surface area (Å²) in [6.07, 6.45) is 1.34. The van der Waals surface area contributed by atoms with Crippen molar-refractivity contribution >= 4 is 21.5 Å². The number of azo groups is 1. The molecule has 0 bridgehead atoms. The predicted molar refractivity (Wildman–Crippen MR) is 94.6 cm³/mol. The highest BCUT2D eigenvalue weighted by Gasteiger charge is 2.28. The van der Waals surface area contributed by atoms with Crippen LogP contribution in [0.5, 0.6) is 0 Å². The molecule has 0 fully saturated rings. The van der Waals surface area contributed by atoms with E-state index in [4.69, 9.17) is 0 Å². The number of nitrogens with one attached hydrogen (secondary N) is 1. The van der Waals surface area contributed by atoms with Crippen molar-refractivity contribution in [2.45, 2.75) is 6.17 Å². The van der Waals surface area contributed by atoms with Crippen LogP contribution in [-0.4, -0.2) is 42.3 Å². The highest BCUT2D eigenvalue weighted by Crippen LogP contribution is 2.38. The Morgan fingerprint density at radius 2 is 2.04 bits per heavy atom. The first-order valence-electron chi connectivity index (χ1n) is 7.36. The van der Waals surface area contributed by atoms with Crippen LogP contribution in [0.3, 0.4) is 0 Å². The number of hydrazine groups is 1. The molecule has 1 aromatic carbocycles. The zero-order valence-corrected chi connectivity index (χ0v) is 14.4. The molecule has 0 amide bonds. The van der Waals surface area contributed by atoms with Crippen LogP contribution in [0.2, 0.25) is 0 Å². The molecular formula is C16H17N7S. The zero-order valence-electron chi connectivity index (χ0n) is 13.6. The summed E-state index contributed by atoms with van der Waals surface area (Å²) in [5.74, 6) is 0. The number of nitriles is 1. The van der Waals surface area contributed by atoms with Crippen LogP contribution in [-0.2, 0) is 0 Å². The second-order valence-corrected chi connectivity index (χ2v) is 6.20. The second kappa shape index (κ2) is 6.78. The van der Waals surface area contributed by atoms with Gasteiger partial charge in [0.1, 0.15) is 11.8 Å². The van der Waals surface area contributed by atoms with Crippen LogP contribution in [0.4, 0.5) is 10.1 Å². The van der Waals surface area contributed by atoms with Gasteiger partial charge in [0.05, 0.1) is 5.57 Å². The number of aromatic nitrogens is 1. The molecule has 24 heavy (non-hydrogen) atoms. The first-order chi connectivity index (χ1) is 11.6. The average molecular weight is 339 g/mol. The Labute approximate surface area is 144 Å².